The van der Waals surface area contributed by atoms with Crippen LogP contribution in [0.3, 0.4) is 0 Å². The van der Waals surface area contributed by atoms with Crippen LogP contribution in [0.15, 0.2) is 52.9 Å². The van der Waals surface area contributed by atoms with Crippen molar-refractivity contribution in [2.75, 3.05) is 0 Å². The summed E-state index contributed by atoms with van der Waals surface area (Å²) in [6.07, 6.45) is 0. The summed E-state index contributed by atoms with van der Waals surface area (Å²) in [5, 5.41) is 12.2. The summed E-state index contributed by atoms with van der Waals surface area (Å²) in [6, 6.07) is 11.3. The zero-order valence-corrected chi connectivity index (χ0v) is 13.2. The lowest BCUT2D eigenvalue weighted by atomic mass is 10.1. The molecule has 2 N–H and O–H groups in total. The molecule has 3 rings (SSSR count). The third-order valence-electron chi connectivity index (χ3n) is 3.78. The van der Waals surface area contributed by atoms with Crippen LogP contribution < -0.4 is 5.32 Å². The van der Waals surface area contributed by atoms with Gasteiger partial charge >= 0.3 is 0 Å². The van der Waals surface area contributed by atoms with Crippen molar-refractivity contribution in [3.63, 3.8) is 0 Å². The molecule has 2 aromatic carbocycles. The van der Waals surface area contributed by atoms with E-state index in [1.54, 1.807) is 18.2 Å². The molecule has 0 bridgehead atoms. The Morgan fingerprint density at radius 1 is 0.880 bits per heavy atom. The lowest BCUT2D eigenvalue weighted by Crippen LogP contribution is -2.12. The second-order valence-corrected chi connectivity index (χ2v) is 5.55. The molecule has 0 saturated carbocycles. The van der Waals surface area contributed by atoms with Crippen LogP contribution in [-0.4, -0.2) is 5.11 Å². The van der Waals surface area contributed by atoms with Gasteiger partial charge in [0.15, 0.2) is 0 Å². The molecule has 3 nitrogen and oxygen atoms in total. The van der Waals surface area contributed by atoms with Gasteiger partial charge in [-0.25, -0.2) is 13.2 Å². The van der Waals surface area contributed by atoms with Gasteiger partial charge in [0.2, 0.25) is 0 Å². The maximum Gasteiger partial charge on any atom is 0.140 e. The highest BCUT2D eigenvalue weighted by atomic mass is 19.1. The molecular weight excluding hydrogens is 331 g/mol. The van der Waals surface area contributed by atoms with Gasteiger partial charge in [-0.1, -0.05) is 12.1 Å². The summed E-state index contributed by atoms with van der Waals surface area (Å²) in [4.78, 5) is 0. The number of halogens is 3. The minimum atomic E-state index is -0.684. The fourth-order valence-electron chi connectivity index (χ4n) is 2.53. The van der Waals surface area contributed by atoms with E-state index in [9.17, 15) is 13.2 Å². The first-order valence-electron chi connectivity index (χ1n) is 7.70. The van der Waals surface area contributed by atoms with Crippen LogP contribution in [0.4, 0.5) is 13.2 Å². The predicted octanol–water partition coefficient (Wildman–Crippen LogP) is 4.15. The average Bonchev–Trinajstić information content (AvgIpc) is 3.04. The second-order valence-electron chi connectivity index (χ2n) is 5.55. The molecule has 0 radical (unpaired) electrons. The number of nitrogens with one attached hydrogen (secondary N) is 1. The number of furan rings is 1. The molecule has 1 aromatic heterocycles. The molecule has 0 saturated heterocycles. The van der Waals surface area contributed by atoms with Crippen LogP contribution >= 0.6 is 0 Å². The van der Waals surface area contributed by atoms with Crippen molar-refractivity contribution >= 4 is 0 Å². The van der Waals surface area contributed by atoms with E-state index in [2.05, 4.69) is 5.32 Å². The van der Waals surface area contributed by atoms with Crippen LogP contribution in [0.1, 0.15) is 16.9 Å². The average molecular weight is 347 g/mol. The molecule has 0 unspecified atom stereocenters. The molecule has 25 heavy (non-hydrogen) atoms. The summed E-state index contributed by atoms with van der Waals surface area (Å²) >= 11 is 0. The molecule has 0 aliphatic heterocycles. The van der Waals surface area contributed by atoms with E-state index in [0.717, 1.165) is 5.56 Å². The van der Waals surface area contributed by atoms with Crippen molar-refractivity contribution in [1.29, 1.82) is 0 Å². The highest BCUT2D eigenvalue weighted by Crippen LogP contribution is 2.27. The predicted molar refractivity (Wildman–Crippen MR) is 86.9 cm³/mol. The van der Waals surface area contributed by atoms with E-state index in [0.29, 0.717) is 18.8 Å². The van der Waals surface area contributed by atoms with Crippen molar-refractivity contribution in [3.05, 3.63) is 82.9 Å². The Hall–Kier alpha value is -2.57. The summed E-state index contributed by atoms with van der Waals surface area (Å²) in [7, 11) is 0. The van der Waals surface area contributed by atoms with Crippen molar-refractivity contribution < 1.29 is 22.7 Å². The van der Waals surface area contributed by atoms with Gasteiger partial charge in [0, 0.05) is 12.1 Å². The molecule has 1 heterocycles. The Morgan fingerprint density at radius 2 is 1.64 bits per heavy atom. The normalized spacial score (nSPS) is 11.0. The second kappa shape index (κ2) is 7.55. The van der Waals surface area contributed by atoms with E-state index in [4.69, 9.17) is 9.52 Å². The number of hydrogen-bond acceptors (Lipinski definition) is 3. The Balaban J connectivity index is 1.65. The van der Waals surface area contributed by atoms with Crippen molar-refractivity contribution in [3.8, 4) is 11.3 Å². The van der Waals surface area contributed by atoms with Crippen molar-refractivity contribution in [1.82, 2.24) is 5.32 Å². The van der Waals surface area contributed by atoms with Crippen LogP contribution in [0, 0.1) is 17.5 Å². The summed E-state index contributed by atoms with van der Waals surface area (Å²) in [6.45, 7) is 0.398. The van der Waals surface area contributed by atoms with Gasteiger partial charge in [-0.3, -0.25) is 0 Å². The molecule has 0 aliphatic rings. The topological polar surface area (TPSA) is 45.4 Å². The van der Waals surface area contributed by atoms with E-state index in [1.807, 2.05) is 0 Å². The largest absolute Gasteiger partial charge is 0.460 e. The fourth-order valence-corrected chi connectivity index (χ4v) is 2.53. The number of aliphatic hydroxyl groups excluding tert-OH is 1. The van der Waals surface area contributed by atoms with Crippen molar-refractivity contribution in [2.45, 2.75) is 19.7 Å². The number of hydrogen-bond donors (Lipinski definition) is 2. The van der Waals surface area contributed by atoms with E-state index in [-0.39, 0.29) is 23.5 Å². The van der Waals surface area contributed by atoms with Gasteiger partial charge in [-0.05, 0) is 42.0 Å². The van der Waals surface area contributed by atoms with Crippen LogP contribution in [0.5, 0.6) is 0 Å². The van der Waals surface area contributed by atoms with Gasteiger partial charge in [0.1, 0.15) is 29.0 Å². The zero-order valence-electron chi connectivity index (χ0n) is 13.2. The number of aliphatic hydroxyl groups is 1. The summed E-state index contributed by atoms with van der Waals surface area (Å²) in [5.74, 6) is -1.18. The summed E-state index contributed by atoms with van der Waals surface area (Å²) < 4.78 is 46.3. The maximum absolute atomic E-state index is 13.8. The van der Waals surface area contributed by atoms with Crippen LogP contribution in [0.2, 0.25) is 0 Å². The molecule has 0 spiro atoms. The van der Waals surface area contributed by atoms with Gasteiger partial charge in [0.05, 0.1) is 18.7 Å². The van der Waals surface area contributed by atoms with E-state index >= 15 is 0 Å². The first-order chi connectivity index (χ1) is 12.1. The molecule has 6 heteroatoms. The first kappa shape index (κ1) is 17.3. The Morgan fingerprint density at radius 3 is 2.36 bits per heavy atom. The van der Waals surface area contributed by atoms with Gasteiger partial charge in [-0.2, -0.15) is 0 Å². The zero-order chi connectivity index (χ0) is 17.8. The highest BCUT2D eigenvalue weighted by Gasteiger charge is 2.14. The van der Waals surface area contributed by atoms with Crippen LogP contribution in [0.25, 0.3) is 11.3 Å². The molecule has 0 fully saturated rings. The monoisotopic (exact) mass is 347 g/mol. The van der Waals surface area contributed by atoms with Gasteiger partial charge in [-0.15, -0.1) is 0 Å². The molecule has 3 aromatic rings. The molecule has 0 amide bonds. The third-order valence-corrected chi connectivity index (χ3v) is 3.78. The molecule has 130 valence electrons. The maximum atomic E-state index is 13.8. The van der Waals surface area contributed by atoms with E-state index < -0.39 is 17.5 Å². The smallest absolute Gasteiger partial charge is 0.140 e. The minimum absolute atomic E-state index is 0.122. The Labute approximate surface area is 142 Å². The summed E-state index contributed by atoms with van der Waals surface area (Å²) in [5.41, 5.74) is 0.840. The number of benzene rings is 2. The SMILES string of the molecule is OCc1cc(CNCc2ccc(-c3c(F)cccc3F)o2)ccc1F. The number of rotatable bonds is 6. The molecular formula is C19H16F3NO2. The molecule has 0 atom stereocenters. The third kappa shape index (κ3) is 3.92. The molecule has 0 aliphatic carbocycles. The lowest BCUT2D eigenvalue weighted by molar-refractivity contribution is 0.275. The first-order valence-corrected chi connectivity index (χ1v) is 7.70. The Bertz CT molecular complexity index is 857. The highest BCUT2D eigenvalue weighted by molar-refractivity contribution is 5.59. The lowest BCUT2D eigenvalue weighted by Gasteiger charge is -2.06. The van der Waals surface area contributed by atoms with Crippen molar-refractivity contribution in [2.24, 2.45) is 0 Å². The van der Waals surface area contributed by atoms with Gasteiger partial charge < -0.3 is 14.8 Å². The minimum Gasteiger partial charge on any atom is -0.460 e. The van der Waals surface area contributed by atoms with E-state index in [1.165, 1.54) is 30.3 Å². The Kier molecular flexibility index (Phi) is 5.21. The van der Waals surface area contributed by atoms with Crippen LogP contribution in [-0.2, 0) is 19.7 Å². The standard InChI is InChI=1S/C19H16F3NO2/c20-15-6-4-12(8-13(15)11-24)9-23-10-14-5-7-18(25-14)19-16(21)2-1-3-17(19)22/h1-8,23-24H,9-11H2. The quantitative estimate of drug-likeness (QED) is 0.704. The van der Waals surface area contributed by atoms with Gasteiger partial charge in [0.25, 0.3) is 0 Å². The fraction of sp³-hybridized carbons (Fsp3) is 0.158.